The minimum absolute atomic E-state index is 0.00211. The van der Waals surface area contributed by atoms with Crippen LogP contribution >= 0.6 is 0 Å². The van der Waals surface area contributed by atoms with Crippen molar-refractivity contribution in [2.75, 3.05) is 7.11 Å². The fourth-order valence-corrected chi connectivity index (χ4v) is 2.44. The molecule has 3 unspecified atom stereocenters. The topological polar surface area (TPSA) is 49.7 Å². The van der Waals surface area contributed by atoms with Crippen molar-refractivity contribution in [3.8, 4) is 0 Å². The van der Waals surface area contributed by atoms with E-state index in [9.17, 15) is 10.2 Å². The van der Waals surface area contributed by atoms with Crippen LogP contribution in [0.1, 0.15) is 40.5 Å². The molecule has 0 amide bonds. The summed E-state index contributed by atoms with van der Waals surface area (Å²) in [5.41, 5.74) is -2.60. The molecule has 0 spiro atoms. The van der Waals surface area contributed by atoms with Gasteiger partial charge in [-0.2, -0.15) is 0 Å². The van der Waals surface area contributed by atoms with Crippen LogP contribution < -0.4 is 0 Å². The Morgan fingerprint density at radius 1 is 1.14 bits per heavy atom. The second-order valence-electron chi connectivity index (χ2n) is 5.33. The summed E-state index contributed by atoms with van der Waals surface area (Å²) in [6, 6.07) is 0. The molecule has 84 valence electrons. The minimum Gasteiger partial charge on any atom is -0.387 e. The van der Waals surface area contributed by atoms with E-state index in [1.165, 1.54) is 0 Å². The predicted molar refractivity (Wildman–Crippen MR) is 55.1 cm³/mol. The fraction of sp³-hybridized carbons (Fsp3) is 1.00. The first-order chi connectivity index (χ1) is 6.17. The lowest BCUT2D eigenvalue weighted by molar-refractivity contribution is -0.248. The molecule has 0 bridgehead atoms. The number of methoxy groups -OCH3 is 1. The third kappa shape index (κ3) is 1.38. The van der Waals surface area contributed by atoms with Crippen molar-refractivity contribution in [3.63, 3.8) is 0 Å². The van der Waals surface area contributed by atoms with Gasteiger partial charge < -0.3 is 14.9 Å². The van der Waals surface area contributed by atoms with Crippen molar-refractivity contribution in [2.24, 2.45) is 5.41 Å². The zero-order valence-corrected chi connectivity index (χ0v) is 9.79. The van der Waals surface area contributed by atoms with Crippen LogP contribution in [0.25, 0.3) is 0 Å². The highest BCUT2D eigenvalue weighted by Crippen LogP contribution is 2.49. The van der Waals surface area contributed by atoms with Crippen molar-refractivity contribution in [1.29, 1.82) is 0 Å². The molecule has 3 nitrogen and oxygen atoms in total. The Kier molecular flexibility index (Phi) is 2.72. The van der Waals surface area contributed by atoms with E-state index < -0.39 is 16.6 Å². The van der Waals surface area contributed by atoms with Crippen LogP contribution in [0.5, 0.6) is 0 Å². The van der Waals surface area contributed by atoms with Gasteiger partial charge in [-0.25, -0.2) is 0 Å². The Morgan fingerprint density at radius 3 is 2.07 bits per heavy atom. The monoisotopic (exact) mass is 202 g/mol. The Bertz CT molecular complexity index is 219. The molecule has 1 saturated carbocycles. The van der Waals surface area contributed by atoms with Crippen LogP contribution in [-0.2, 0) is 4.74 Å². The summed E-state index contributed by atoms with van der Waals surface area (Å²) in [5.74, 6) is 0. The lowest BCUT2D eigenvalue weighted by Gasteiger charge is -2.56. The van der Waals surface area contributed by atoms with Gasteiger partial charge in [-0.3, -0.25) is 0 Å². The summed E-state index contributed by atoms with van der Waals surface area (Å²) in [4.78, 5) is 0. The number of aliphatic hydroxyl groups is 2. The number of rotatable bonds is 1. The largest absolute Gasteiger partial charge is 0.387 e. The van der Waals surface area contributed by atoms with E-state index in [0.29, 0.717) is 6.42 Å². The van der Waals surface area contributed by atoms with Gasteiger partial charge in [0, 0.05) is 12.5 Å². The fourth-order valence-electron chi connectivity index (χ4n) is 2.44. The highest BCUT2D eigenvalue weighted by molar-refractivity contribution is 5.09. The molecular formula is C11H22O3. The summed E-state index contributed by atoms with van der Waals surface area (Å²) in [6.07, 6.45) is 1.35. The van der Waals surface area contributed by atoms with Gasteiger partial charge in [-0.15, -0.1) is 0 Å². The molecule has 14 heavy (non-hydrogen) atoms. The molecule has 0 aromatic carbocycles. The van der Waals surface area contributed by atoms with Crippen molar-refractivity contribution < 1.29 is 14.9 Å². The smallest absolute Gasteiger partial charge is 0.0977 e. The maximum atomic E-state index is 10.4. The van der Waals surface area contributed by atoms with E-state index >= 15 is 0 Å². The Labute approximate surface area is 86.1 Å². The van der Waals surface area contributed by atoms with Crippen LogP contribution in [0.15, 0.2) is 0 Å². The van der Waals surface area contributed by atoms with Crippen LogP contribution in [-0.4, -0.2) is 34.6 Å². The molecule has 1 rings (SSSR count). The molecule has 1 aliphatic rings. The molecular weight excluding hydrogens is 180 g/mol. The second kappa shape index (κ2) is 3.19. The summed E-state index contributed by atoms with van der Waals surface area (Å²) >= 11 is 0. The molecule has 0 aromatic rings. The lowest BCUT2D eigenvalue weighted by atomic mass is 9.58. The number of hydrogen-bond donors (Lipinski definition) is 2. The first kappa shape index (κ1) is 12.0. The highest BCUT2D eigenvalue weighted by atomic mass is 16.5. The third-order valence-corrected chi connectivity index (χ3v) is 4.29. The molecule has 0 radical (unpaired) electrons. The molecule has 3 atom stereocenters. The average molecular weight is 202 g/mol. The lowest BCUT2D eigenvalue weighted by Crippen LogP contribution is -2.66. The van der Waals surface area contributed by atoms with E-state index in [2.05, 4.69) is 0 Å². The van der Waals surface area contributed by atoms with Crippen molar-refractivity contribution in [3.05, 3.63) is 0 Å². The SMILES string of the molecule is COC1CCC(C)(O)C(C)(O)C1(C)C. The highest BCUT2D eigenvalue weighted by Gasteiger charge is 2.58. The summed E-state index contributed by atoms with van der Waals surface area (Å²) in [5, 5.41) is 20.5. The molecule has 0 aliphatic heterocycles. The van der Waals surface area contributed by atoms with Crippen LogP contribution in [0.2, 0.25) is 0 Å². The van der Waals surface area contributed by atoms with Gasteiger partial charge in [-0.1, -0.05) is 13.8 Å². The number of ether oxygens (including phenoxy) is 1. The van der Waals surface area contributed by atoms with Gasteiger partial charge in [-0.05, 0) is 26.7 Å². The maximum absolute atomic E-state index is 10.4. The quantitative estimate of drug-likeness (QED) is 0.674. The van der Waals surface area contributed by atoms with E-state index in [-0.39, 0.29) is 6.10 Å². The first-order valence-electron chi connectivity index (χ1n) is 5.14. The molecule has 0 saturated heterocycles. The van der Waals surface area contributed by atoms with Gasteiger partial charge in [0.15, 0.2) is 0 Å². The minimum atomic E-state index is -1.13. The molecule has 2 N–H and O–H groups in total. The van der Waals surface area contributed by atoms with E-state index in [1.54, 1.807) is 21.0 Å². The van der Waals surface area contributed by atoms with Crippen LogP contribution in [0.4, 0.5) is 0 Å². The van der Waals surface area contributed by atoms with Crippen LogP contribution in [0.3, 0.4) is 0 Å². The van der Waals surface area contributed by atoms with Gasteiger partial charge in [0.05, 0.1) is 17.3 Å². The maximum Gasteiger partial charge on any atom is 0.0977 e. The van der Waals surface area contributed by atoms with E-state index in [0.717, 1.165) is 6.42 Å². The standard InChI is InChI=1S/C11H22O3/c1-9(2)8(14-5)6-7-10(3,12)11(9,4)13/h8,12-13H,6-7H2,1-5H3. The third-order valence-electron chi connectivity index (χ3n) is 4.29. The van der Waals surface area contributed by atoms with Crippen molar-refractivity contribution in [1.82, 2.24) is 0 Å². The summed E-state index contributed by atoms with van der Waals surface area (Å²) in [7, 11) is 1.66. The Balaban J connectivity index is 3.06. The van der Waals surface area contributed by atoms with Crippen molar-refractivity contribution in [2.45, 2.75) is 57.8 Å². The molecule has 1 aliphatic carbocycles. The molecule has 0 heterocycles. The van der Waals surface area contributed by atoms with Crippen molar-refractivity contribution >= 4 is 0 Å². The van der Waals surface area contributed by atoms with Gasteiger partial charge >= 0.3 is 0 Å². The molecule has 1 fully saturated rings. The van der Waals surface area contributed by atoms with Gasteiger partial charge in [0.1, 0.15) is 0 Å². The van der Waals surface area contributed by atoms with Gasteiger partial charge in [0.25, 0.3) is 0 Å². The Hall–Kier alpha value is -0.120. The normalized spacial score (nSPS) is 47.8. The molecule has 3 heteroatoms. The molecule has 0 aromatic heterocycles. The predicted octanol–water partition coefficient (Wildman–Crippen LogP) is 1.32. The average Bonchev–Trinajstić information content (AvgIpc) is 2.02. The zero-order valence-electron chi connectivity index (χ0n) is 9.79. The van der Waals surface area contributed by atoms with Gasteiger partial charge in [0.2, 0.25) is 0 Å². The van der Waals surface area contributed by atoms with E-state index in [1.807, 2.05) is 13.8 Å². The number of hydrogen-bond acceptors (Lipinski definition) is 3. The van der Waals surface area contributed by atoms with Crippen LogP contribution in [0, 0.1) is 5.41 Å². The second-order valence-corrected chi connectivity index (χ2v) is 5.33. The first-order valence-corrected chi connectivity index (χ1v) is 5.14. The van der Waals surface area contributed by atoms with E-state index in [4.69, 9.17) is 4.74 Å². The Morgan fingerprint density at radius 2 is 1.64 bits per heavy atom. The summed E-state index contributed by atoms with van der Waals surface area (Å²) in [6.45, 7) is 7.27. The zero-order chi connectivity index (χ0) is 11.2. The summed E-state index contributed by atoms with van der Waals surface area (Å²) < 4.78 is 5.36.